The smallest absolute Gasteiger partial charge is 0.0113 e. The van der Waals surface area contributed by atoms with Crippen LogP contribution in [0, 0.1) is 0 Å². The van der Waals surface area contributed by atoms with Gasteiger partial charge in [-0.15, -0.1) is 0 Å². The maximum atomic E-state index is 4.55. The highest BCUT2D eigenvalue weighted by molar-refractivity contribution is 7.80. The molecule has 1 heterocycles. The van der Waals surface area contributed by atoms with E-state index in [1.165, 1.54) is 44.6 Å². The van der Waals surface area contributed by atoms with E-state index in [-0.39, 0.29) is 0 Å². The monoisotopic (exact) mass is 276 g/mol. The summed E-state index contributed by atoms with van der Waals surface area (Å²) in [6.07, 6.45) is 2.87. The molecule has 1 unspecified atom stereocenters. The molecule has 3 heteroatoms. The van der Waals surface area contributed by atoms with E-state index in [1.54, 1.807) is 0 Å². The Morgan fingerprint density at radius 2 is 1.74 bits per heavy atom. The van der Waals surface area contributed by atoms with Crippen LogP contribution < -0.4 is 0 Å². The number of benzene rings is 1. The Hall–Kier alpha value is -0.510. The molecule has 104 valence electrons. The Balaban J connectivity index is 1.52. The fraction of sp³-hybridized carbons (Fsp3) is 0.625. The van der Waals surface area contributed by atoms with Gasteiger partial charge in [-0.2, -0.15) is 12.6 Å². The highest BCUT2D eigenvalue weighted by atomic mass is 32.1. The van der Waals surface area contributed by atoms with Crippen molar-refractivity contribution in [1.82, 2.24) is 9.80 Å². The third kappa shape index (κ3) is 3.53. The number of hydrogen-bond acceptors (Lipinski definition) is 3. The van der Waals surface area contributed by atoms with Gasteiger partial charge >= 0.3 is 0 Å². The summed E-state index contributed by atoms with van der Waals surface area (Å²) in [5, 5.41) is 0. The van der Waals surface area contributed by atoms with Crippen molar-refractivity contribution in [3.05, 3.63) is 35.9 Å². The van der Waals surface area contributed by atoms with Gasteiger partial charge in [-0.05, 0) is 24.2 Å². The van der Waals surface area contributed by atoms with Crippen LogP contribution in [0.5, 0.6) is 0 Å². The van der Waals surface area contributed by atoms with E-state index in [2.05, 4.69) is 52.8 Å². The highest BCUT2D eigenvalue weighted by Gasteiger charge is 2.31. The van der Waals surface area contributed by atoms with Crippen LogP contribution >= 0.6 is 12.6 Å². The summed E-state index contributed by atoms with van der Waals surface area (Å²) in [4.78, 5) is 5.29. The number of thiol groups is 1. The fourth-order valence-corrected chi connectivity index (χ4v) is 3.38. The molecule has 2 nitrogen and oxygen atoms in total. The number of rotatable bonds is 5. The second-order valence-electron chi connectivity index (χ2n) is 5.86. The van der Waals surface area contributed by atoms with Crippen molar-refractivity contribution in [2.24, 2.45) is 0 Å². The molecule has 0 aromatic heterocycles. The summed E-state index contributed by atoms with van der Waals surface area (Å²) in [6, 6.07) is 11.8. The third-order valence-electron chi connectivity index (χ3n) is 4.44. The number of piperazine rings is 1. The van der Waals surface area contributed by atoms with Gasteiger partial charge < -0.3 is 4.90 Å². The largest absolute Gasteiger partial charge is 0.300 e. The molecule has 1 saturated heterocycles. The molecule has 1 saturated carbocycles. The van der Waals surface area contributed by atoms with Crippen molar-refractivity contribution in [3.63, 3.8) is 0 Å². The van der Waals surface area contributed by atoms with Crippen molar-refractivity contribution in [1.29, 1.82) is 0 Å². The van der Waals surface area contributed by atoms with E-state index in [0.717, 1.165) is 18.3 Å². The summed E-state index contributed by atoms with van der Waals surface area (Å²) in [6.45, 7) is 6.14. The van der Waals surface area contributed by atoms with Crippen molar-refractivity contribution in [2.75, 3.05) is 38.5 Å². The summed E-state index contributed by atoms with van der Waals surface area (Å²) < 4.78 is 0. The fourth-order valence-electron chi connectivity index (χ4n) is 3.06. The minimum absolute atomic E-state index is 0.567. The van der Waals surface area contributed by atoms with Crippen LogP contribution in [0.4, 0.5) is 0 Å². The molecule has 1 aliphatic heterocycles. The zero-order valence-corrected chi connectivity index (χ0v) is 12.4. The lowest BCUT2D eigenvalue weighted by atomic mass is 10.00. The lowest BCUT2D eigenvalue weighted by Gasteiger charge is -2.36. The Morgan fingerprint density at radius 1 is 1.05 bits per heavy atom. The van der Waals surface area contributed by atoms with E-state index < -0.39 is 0 Å². The van der Waals surface area contributed by atoms with Gasteiger partial charge in [0.2, 0.25) is 0 Å². The van der Waals surface area contributed by atoms with Crippen molar-refractivity contribution in [2.45, 2.75) is 24.8 Å². The highest BCUT2D eigenvalue weighted by Crippen LogP contribution is 2.28. The van der Waals surface area contributed by atoms with Gasteiger partial charge in [0, 0.05) is 44.7 Å². The molecular weight excluding hydrogens is 252 g/mol. The molecule has 2 fully saturated rings. The standard InChI is InChI=1S/C16H24N2S/c19-13-15(14-4-2-1-3-5-14)12-17-8-10-18(11-9-17)16-6-7-16/h1-5,15-16,19H,6-13H2. The van der Waals surface area contributed by atoms with E-state index in [4.69, 9.17) is 0 Å². The van der Waals surface area contributed by atoms with Crippen LogP contribution in [0.1, 0.15) is 24.3 Å². The molecule has 3 rings (SSSR count). The molecule has 1 aromatic rings. The van der Waals surface area contributed by atoms with Gasteiger partial charge in [-0.1, -0.05) is 30.3 Å². The first kappa shape index (κ1) is 13.5. The Bertz CT molecular complexity index is 383. The van der Waals surface area contributed by atoms with Gasteiger partial charge in [0.05, 0.1) is 0 Å². The van der Waals surface area contributed by atoms with E-state index in [1.807, 2.05) is 0 Å². The van der Waals surface area contributed by atoms with Crippen LogP contribution in [-0.2, 0) is 0 Å². The predicted molar refractivity (Wildman–Crippen MR) is 84.1 cm³/mol. The summed E-state index contributed by atoms with van der Waals surface area (Å²) in [5.74, 6) is 1.50. The molecule has 1 aromatic carbocycles. The van der Waals surface area contributed by atoms with E-state index in [0.29, 0.717) is 5.92 Å². The second kappa shape index (κ2) is 6.29. The van der Waals surface area contributed by atoms with Gasteiger partial charge in [-0.25, -0.2) is 0 Å². The molecule has 0 N–H and O–H groups in total. The summed E-state index contributed by atoms with van der Waals surface area (Å²) in [7, 11) is 0. The molecule has 2 aliphatic rings. The predicted octanol–water partition coefficient (Wildman–Crippen LogP) is 2.48. The lowest BCUT2D eigenvalue weighted by molar-refractivity contribution is 0.123. The first-order valence-electron chi connectivity index (χ1n) is 7.49. The average molecular weight is 276 g/mol. The number of nitrogens with zero attached hydrogens (tertiary/aromatic N) is 2. The lowest BCUT2D eigenvalue weighted by Crippen LogP contribution is -2.48. The topological polar surface area (TPSA) is 6.48 Å². The van der Waals surface area contributed by atoms with Gasteiger partial charge in [0.25, 0.3) is 0 Å². The van der Waals surface area contributed by atoms with E-state index in [9.17, 15) is 0 Å². The van der Waals surface area contributed by atoms with E-state index >= 15 is 0 Å². The van der Waals surface area contributed by atoms with Gasteiger partial charge in [0.1, 0.15) is 0 Å². The second-order valence-corrected chi connectivity index (χ2v) is 6.22. The minimum Gasteiger partial charge on any atom is -0.300 e. The van der Waals surface area contributed by atoms with Crippen LogP contribution in [0.3, 0.4) is 0 Å². The van der Waals surface area contributed by atoms with Crippen LogP contribution in [0.15, 0.2) is 30.3 Å². The SMILES string of the molecule is SCC(CN1CCN(C2CC2)CC1)c1ccccc1. The van der Waals surface area contributed by atoms with Crippen LogP contribution in [0.25, 0.3) is 0 Å². The van der Waals surface area contributed by atoms with Crippen LogP contribution in [-0.4, -0.2) is 54.3 Å². The molecule has 0 radical (unpaired) electrons. The molecule has 0 bridgehead atoms. The molecule has 19 heavy (non-hydrogen) atoms. The maximum absolute atomic E-state index is 4.55. The Labute approximate surface area is 122 Å². The van der Waals surface area contributed by atoms with Crippen LogP contribution in [0.2, 0.25) is 0 Å². The molecular formula is C16H24N2S. The zero-order valence-electron chi connectivity index (χ0n) is 11.5. The Morgan fingerprint density at radius 3 is 2.32 bits per heavy atom. The first-order valence-corrected chi connectivity index (χ1v) is 8.12. The zero-order chi connectivity index (χ0) is 13.1. The molecule has 0 amide bonds. The molecule has 1 atom stereocenters. The van der Waals surface area contributed by atoms with Gasteiger partial charge in [0.15, 0.2) is 0 Å². The third-order valence-corrected chi connectivity index (χ3v) is 4.88. The number of hydrogen-bond donors (Lipinski definition) is 1. The average Bonchev–Trinajstić information content (AvgIpc) is 3.31. The summed E-state index contributed by atoms with van der Waals surface area (Å²) >= 11 is 4.55. The molecule has 0 spiro atoms. The maximum Gasteiger partial charge on any atom is 0.0113 e. The first-order chi connectivity index (χ1) is 9.36. The molecule has 1 aliphatic carbocycles. The Kier molecular flexibility index (Phi) is 4.46. The van der Waals surface area contributed by atoms with Gasteiger partial charge in [-0.3, -0.25) is 4.90 Å². The van der Waals surface area contributed by atoms with Crippen molar-refractivity contribution < 1.29 is 0 Å². The van der Waals surface area contributed by atoms with Crippen molar-refractivity contribution >= 4 is 12.6 Å². The van der Waals surface area contributed by atoms with Crippen molar-refractivity contribution in [3.8, 4) is 0 Å². The summed E-state index contributed by atoms with van der Waals surface area (Å²) in [5.41, 5.74) is 1.43. The quantitative estimate of drug-likeness (QED) is 0.826. The minimum atomic E-state index is 0.567. The normalized spacial score (nSPS) is 23.4.